The van der Waals surface area contributed by atoms with Crippen LogP contribution in [0.2, 0.25) is 0 Å². The summed E-state index contributed by atoms with van der Waals surface area (Å²) in [5.41, 5.74) is 0. The van der Waals surface area contributed by atoms with Crippen LogP contribution in [0.1, 0.15) is 13.8 Å². The first-order chi connectivity index (χ1) is 34.5. The first kappa shape index (κ1) is 60.0. The zero-order valence-corrected chi connectivity index (χ0v) is 38.9. The molecule has 0 aromatic rings. The van der Waals surface area contributed by atoms with Crippen LogP contribution in [0.5, 0.6) is 0 Å². The van der Waals surface area contributed by atoms with Crippen molar-refractivity contribution in [2.45, 2.75) is 198 Å². The second-order valence-electron chi connectivity index (χ2n) is 18.3. The molecule has 0 radical (unpaired) electrons. The number of aliphatic hydroxyl groups is 18. The summed E-state index contributed by atoms with van der Waals surface area (Å²) in [7, 11) is 0. The van der Waals surface area contributed by atoms with Gasteiger partial charge in [-0.2, -0.15) is 0 Å². The number of carbonyl (C=O) groups is 2. The zero-order valence-electron chi connectivity index (χ0n) is 38.9. The normalized spacial score (nSPS) is 49.8. The van der Waals surface area contributed by atoms with Crippen molar-refractivity contribution in [2.24, 2.45) is 0 Å². The molecule has 0 bridgehead atoms. The molecule has 0 aromatic carbocycles. The van der Waals surface area contributed by atoms with E-state index in [0.717, 1.165) is 13.8 Å². The van der Waals surface area contributed by atoms with Crippen molar-refractivity contribution in [3.63, 3.8) is 0 Å². The Hall–Kier alpha value is -2.22. The van der Waals surface area contributed by atoms with E-state index in [1.54, 1.807) is 0 Å². The van der Waals surface area contributed by atoms with Gasteiger partial charge in [0.15, 0.2) is 37.7 Å². The van der Waals surface area contributed by atoms with Crippen LogP contribution < -0.4 is 10.6 Å². The summed E-state index contributed by atoms with van der Waals surface area (Å²) in [6, 6.07) is -3.28. The van der Waals surface area contributed by atoms with E-state index in [9.17, 15) is 102 Å². The Morgan fingerprint density at radius 2 is 0.712 bits per heavy atom. The lowest BCUT2D eigenvalue weighted by molar-refractivity contribution is -0.386. The maximum atomic E-state index is 12.5. The number of nitrogens with one attached hydrogen (secondary N) is 2. The fourth-order valence-corrected chi connectivity index (χ4v) is 9.22. The van der Waals surface area contributed by atoms with Gasteiger partial charge in [-0.3, -0.25) is 9.59 Å². The molecule has 424 valence electrons. The topological polar surface area (TPSA) is 524 Å². The molecule has 0 spiro atoms. The van der Waals surface area contributed by atoms with Gasteiger partial charge in [0.2, 0.25) is 11.8 Å². The van der Waals surface area contributed by atoms with Gasteiger partial charge in [0, 0.05) is 13.8 Å². The Morgan fingerprint density at radius 3 is 1.19 bits per heavy atom. The third-order valence-corrected chi connectivity index (χ3v) is 13.2. The molecular weight excluding hydrogens is 1000 g/mol. The van der Waals surface area contributed by atoms with Crippen molar-refractivity contribution in [1.29, 1.82) is 0 Å². The third-order valence-electron chi connectivity index (χ3n) is 13.2. The van der Waals surface area contributed by atoms with Gasteiger partial charge >= 0.3 is 0 Å². The molecule has 6 aliphatic heterocycles. The van der Waals surface area contributed by atoms with Crippen LogP contribution >= 0.6 is 0 Å². The lowest BCUT2D eigenvalue weighted by atomic mass is 9.94. The molecule has 33 heteroatoms. The van der Waals surface area contributed by atoms with Gasteiger partial charge in [-0.25, -0.2) is 0 Å². The summed E-state index contributed by atoms with van der Waals surface area (Å²) in [6.45, 7) is -3.57. The Bertz CT molecular complexity index is 1740. The minimum absolute atomic E-state index is 0.715. The van der Waals surface area contributed by atoms with E-state index in [0.29, 0.717) is 0 Å². The number of ether oxygens (including phenoxy) is 11. The largest absolute Gasteiger partial charge is 0.394 e. The summed E-state index contributed by atoms with van der Waals surface area (Å²) in [5, 5.41) is 197. The van der Waals surface area contributed by atoms with E-state index < -0.39 is 236 Å². The molecule has 6 aliphatic rings. The number of amides is 2. The van der Waals surface area contributed by atoms with E-state index in [4.69, 9.17) is 52.1 Å². The molecule has 73 heavy (non-hydrogen) atoms. The molecule has 30 atom stereocenters. The number of aliphatic hydroxyl groups excluding tert-OH is 18. The van der Waals surface area contributed by atoms with Crippen LogP contribution in [0.15, 0.2) is 0 Å². The number of hydrogen-bond donors (Lipinski definition) is 20. The van der Waals surface area contributed by atoms with Gasteiger partial charge in [0.25, 0.3) is 0 Å². The molecule has 0 aromatic heterocycles. The van der Waals surface area contributed by atoms with Gasteiger partial charge in [0.1, 0.15) is 146 Å². The van der Waals surface area contributed by atoms with Crippen molar-refractivity contribution >= 4 is 11.8 Å². The minimum atomic E-state index is -2.26. The van der Waals surface area contributed by atoms with Crippen molar-refractivity contribution in [3.8, 4) is 0 Å². The van der Waals surface area contributed by atoms with Gasteiger partial charge in [-0.1, -0.05) is 0 Å². The predicted octanol–water partition coefficient (Wildman–Crippen LogP) is -13.8. The maximum absolute atomic E-state index is 12.5. The van der Waals surface area contributed by atoms with Crippen molar-refractivity contribution in [3.05, 3.63) is 0 Å². The highest BCUT2D eigenvalue weighted by Gasteiger charge is 2.57. The quantitative estimate of drug-likeness (QED) is 0.0606. The third kappa shape index (κ3) is 13.0. The predicted molar refractivity (Wildman–Crippen MR) is 222 cm³/mol. The summed E-state index contributed by atoms with van der Waals surface area (Å²) >= 11 is 0. The zero-order chi connectivity index (χ0) is 53.9. The second-order valence-corrected chi connectivity index (χ2v) is 18.3. The fraction of sp³-hybridized carbons (Fsp3) is 0.950. The van der Waals surface area contributed by atoms with E-state index in [1.807, 2.05) is 0 Å². The Balaban J connectivity index is 1.24. The summed E-state index contributed by atoms with van der Waals surface area (Å²) in [4.78, 5) is 24.4. The molecule has 33 nitrogen and oxygen atoms in total. The molecule has 0 unspecified atom stereocenters. The minimum Gasteiger partial charge on any atom is -0.394 e. The molecule has 20 N–H and O–H groups in total. The molecular formula is C40H68N2O31. The molecule has 6 fully saturated rings. The van der Waals surface area contributed by atoms with E-state index in [1.165, 1.54) is 0 Å². The van der Waals surface area contributed by atoms with Gasteiger partial charge in [0.05, 0.1) is 39.6 Å². The summed E-state index contributed by atoms with van der Waals surface area (Å²) in [5.74, 6) is -1.55. The van der Waals surface area contributed by atoms with Crippen LogP contribution in [0.25, 0.3) is 0 Å². The fourth-order valence-electron chi connectivity index (χ4n) is 9.22. The van der Waals surface area contributed by atoms with Crippen molar-refractivity contribution < 1.29 is 154 Å². The summed E-state index contributed by atoms with van der Waals surface area (Å²) in [6.07, 6.45) is -53.1. The molecule has 0 saturated carbocycles. The van der Waals surface area contributed by atoms with Gasteiger partial charge in [-0.05, 0) is 0 Å². The van der Waals surface area contributed by atoms with E-state index in [2.05, 4.69) is 10.6 Å². The highest BCUT2D eigenvalue weighted by molar-refractivity contribution is 5.73. The second kappa shape index (κ2) is 26.0. The van der Waals surface area contributed by atoms with Crippen LogP contribution in [0.3, 0.4) is 0 Å². The number of rotatable bonds is 18. The van der Waals surface area contributed by atoms with Gasteiger partial charge in [-0.15, -0.1) is 0 Å². The molecule has 0 aliphatic carbocycles. The first-order valence-electron chi connectivity index (χ1n) is 23.1. The average molecular weight is 1070 g/mol. The molecule has 6 rings (SSSR count). The van der Waals surface area contributed by atoms with Gasteiger partial charge < -0.3 is 155 Å². The van der Waals surface area contributed by atoms with Crippen LogP contribution in [0, 0.1) is 0 Å². The average Bonchev–Trinajstić information content (AvgIpc) is 3.35. The Labute approximate surface area is 413 Å². The standard InChI is InChI=1S/C40H68N2O31/c1-9(48)41-17-22(53)31(13(5-45)64-35(17)62)70-36-18(42-10(2)49)23(54)32(14(6-46)67-36)71-40-30(61)34(73-39-28(59)25(56)20(51)12(4-44)66-39)21(52)16(69-40)8-63-37-29(60)26(57)33(15(7-47)68-37)72-38-27(58)24(55)19(50)11(3-43)65-38/h11-40,43-47,50-62H,3-8H2,1-2H3,(H,41,48)(H,42,49)/t11-,12-,13-,14-,15-,16-,17-,18-,19-,20-,21-,22-,23-,24+,25+,26-,27+,28+,29+,30+,31-,32-,33-,34+,35-,36+,37+,38+,39-,40+/m1/s1. The maximum Gasteiger partial charge on any atom is 0.217 e. The Kier molecular flexibility index (Phi) is 21.3. The smallest absolute Gasteiger partial charge is 0.217 e. The molecule has 6 heterocycles. The lowest BCUT2D eigenvalue weighted by Crippen LogP contribution is -2.70. The molecule has 2 amide bonds. The van der Waals surface area contributed by atoms with Crippen molar-refractivity contribution in [1.82, 2.24) is 10.6 Å². The Morgan fingerprint density at radius 1 is 0.356 bits per heavy atom. The van der Waals surface area contributed by atoms with Crippen LogP contribution in [0.4, 0.5) is 0 Å². The van der Waals surface area contributed by atoms with E-state index in [-0.39, 0.29) is 0 Å². The highest BCUT2D eigenvalue weighted by Crippen LogP contribution is 2.36. The van der Waals surface area contributed by atoms with Crippen molar-refractivity contribution in [2.75, 3.05) is 39.6 Å². The number of hydrogen-bond acceptors (Lipinski definition) is 31. The monoisotopic (exact) mass is 1070 g/mol. The first-order valence-corrected chi connectivity index (χ1v) is 23.1. The number of carbonyl (C=O) groups excluding carboxylic acids is 2. The lowest BCUT2D eigenvalue weighted by Gasteiger charge is -2.50. The highest BCUT2D eigenvalue weighted by atomic mass is 16.8. The molecule has 6 saturated heterocycles. The SMILES string of the molecule is CC(=O)N[C@@H]1[C@@H](O)[C@H](O[C@@H]2O[C@H](CO)[C@@H](O[C@@H]3O[C@H](CO[C@H]4O[C@H](CO)[C@@H](O[C@@H]5O[C@H](CO)[C@@H](O)[C@H](O)[C@@H]5O)[C@H](O)[C@@H]4O)[C@@H](O)[C@H](O[C@H]4O[C@H](CO)[C@@H](O)[C@H](O)[C@@H]4O)[C@@H]3O)[C@H](O)[C@H]2NC(C)=O)[C@@H](CO)O[C@H]1O. The van der Waals surface area contributed by atoms with E-state index >= 15 is 0 Å². The van der Waals surface area contributed by atoms with Crippen LogP contribution in [-0.2, 0) is 61.7 Å². The van der Waals surface area contributed by atoms with Crippen LogP contribution in [-0.4, -0.2) is 327 Å². The summed E-state index contributed by atoms with van der Waals surface area (Å²) < 4.78 is 62.4.